The van der Waals surface area contributed by atoms with Crippen molar-refractivity contribution in [2.24, 2.45) is 0 Å². The summed E-state index contributed by atoms with van der Waals surface area (Å²) in [4.78, 5) is 1.98. The molecule has 22 heavy (non-hydrogen) atoms. The minimum atomic E-state index is -0.172. The van der Waals surface area contributed by atoms with E-state index in [0.717, 1.165) is 16.8 Å². The molecule has 2 N–H and O–H groups in total. The maximum Gasteiger partial charge on any atom is 0.205 e. The summed E-state index contributed by atoms with van der Waals surface area (Å²) < 4.78 is 5.48. The van der Waals surface area contributed by atoms with Gasteiger partial charge in [-0.15, -0.1) is 0 Å². The van der Waals surface area contributed by atoms with Crippen molar-refractivity contribution in [2.75, 3.05) is 10.2 Å². The highest BCUT2D eigenvalue weighted by Gasteiger charge is 2.33. The molecule has 1 atom stereocenters. The van der Waals surface area contributed by atoms with Gasteiger partial charge >= 0.3 is 0 Å². The number of nitrogens with zero attached hydrogens (tertiary/aromatic N) is 1. The maximum absolute atomic E-state index is 8.59. The van der Waals surface area contributed by atoms with Crippen molar-refractivity contribution < 1.29 is 4.42 Å². The molecule has 1 aromatic heterocycles. The molecule has 4 nitrogen and oxygen atoms in total. The van der Waals surface area contributed by atoms with Crippen LogP contribution < -0.4 is 10.2 Å². The smallest absolute Gasteiger partial charge is 0.205 e. The summed E-state index contributed by atoms with van der Waals surface area (Å²) in [6, 6.07) is 21.9. The van der Waals surface area contributed by atoms with Crippen molar-refractivity contribution in [3.63, 3.8) is 0 Å². The van der Waals surface area contributed by atoms with E-state index in [1.54, 1.807) is 6.26 Å². The molecular weight excluding hydrogens is 274 g/mol. The van der Waals surface area contributed by atoms with E-state index in [1.807, 2.05) is 59.5 Å². The summed E-state index contributed by atoms with van der Waals surface area (Å²) in [7, 11) is 0. The van der Waals surface area contributed by atoms with Gasteiger partial charge in [-0.3, -0.25) is 5.41 Å². The van der Waals surface area contributed by atoms with Gasteiger partial charge in [0.15, 0.2) is 0 Å². The Balaban J connectivity index is 1.86. The molecule has 1 aliphatic heterocycles. The second-order valence-corrected chi connectivity index (χ2v) is 5.18. The number of hydrogen-bond donors (Lipinski definition) is 2. The first-order valence-corrected chi connectivity index (χ1v) is 7.17. The molecule has 4 heteroatoms. The van der Waals surface area contributed by atoms with Crippen LogP contribution in [-0.4, -0.2) is 5.84 Å². The van der Waals surface area contributed by atoms with E-state index in [4.69, 9.17) is 9.83 Å². The lowest BCUT2D eigenvalue weighted by atomic mass is 10.1. The molecule has 0 amide bonds. The average molecular weight is 289 g/mol. The topological polar surface area (TPSA) is 52.3 Å². The lowest BCUT2D eigenvalue weighted by Gasteiger charge is -2.38. The SMILES string of the molecule is N=C1c2ccoc2N[C@H](c2ccccc2)N1c1ccccc1. The van der Waals surface area contributed by atoms with E-state index in [9.17, 15) is 0 Å². The molecule has 0 bridgehead atoms. The quantitative estimate of drug-likeness (QED) is 0.742. The predicted molar refractivity (Wildman–Crippen MR) is 87.3 cm³/mol. The van der Waals surface area contributed by atoms with E-state index in [2.05, 4.69) is 17.4 Å². The number of para-hydroxylation sites is 1. The molecule has 2 heterocycles. The van der Waals surface area contributed by atoms with Gasteiger partial charge in [0.1, 0.15) is 12.0 Å². The van der Waals surface area contributed by atoms with Crippen LogP contribution in [0.3, 0.4) is 0 Å². The summed E-state index contributed by atoms with van der Waals surface area (Å²) in [5.41, 5.74) is 2.83. The maximum atomic E-state index is 8.59. The van der Waals surface area contributed by atoms with E-state index in [0.29, 0.717) is 11.7 Å². The molecule has 0 aliphatic carbocycles. The van der Waals surface area contributed by atoms with Crippen molar-refractivity contribution in [3.05, 3.63) is 84.1 Å². The van der Waals surface area contributed by atoms with Crippen LogP contribution in [0.2, 0.25) is 0 Å². The van der Waals surface area contributed by atoms with Gasteiger partial charge in [-0.1, -0.05) is 48.5 Å². The number of rotatable bonds is 2. The fourth-order valence-corrected chi connectivity index (χ4v) is 2.79. The summed E-state index contributed by atoms with van der Waals surface area (Å²) in [6.07, 6.45) is 1.44. The molecule has 4 rings (SSSR count). The minimum absolute atomic E-state index is 0.172. The zero-order valence-corrected chi connectivity index (χ0v) is 11.9. The fraction of sp³-hybridized carbons (Fsp3) is 0.0556. The third-order valence-corrected chi connectivity index (χ3v) is 3.84. The highest BCUT2D eigenvalue weighted by molar-refractivity contribution is 6.12. The molecule has 1 aliphatic rings. The van der Waals surface area contributed by atoms with Crippen molar-refractivity contribution in [1.29, 1.82) is 5.41 Å². The van der Waals surface area contributed by atoms with E-state index >= 15 is 0 Å². The Kier molecular flexibility index (Phi) is 2.93. The monoisotopic (exact) mass is 289 g/mol. The molecule has 0 radical (unpaired) electrons. The van der Waals surface area contributed by atoms with Crippen molar-refractivity contribution in [3.8, 4) is 0 Å². The first kappa shape index (κ1) is 12.7. The van der Waals surface area contributed by atoms with E-state index < -0.39 is 0 Å². The lowest BCUT2D eigenvalue weighted by Crippen LogP contribution is -2.42. The Morgan fingerprint density at radius 3 is 2.32 bits per heavy atom. The average Bonchev–Trinajstić information content (AvgIpc) is 3.05. The molecule has 108 valence electrons. The second kappa shape index (κ2) is 5.07. The van der Waals surface area contributed by atoms with Gasteiger partial charge in [-0.25, -0.2) is 0 Å². The number of furan rings is 1. The van der Waals surface area contributed by atoms with Gasteiger partial charge < -0.3 is 14.6 Å². The van der Waals surface area contributed by atoms with Gasteiger partial charge in [0, 0.05) is 5.69 Å². The molecule has 0 saturated heterocycles. The lowest BCUT2D eigenvalue weighted by molar-refractivity contribution is 0.564. The van der Waals surface area contributed by atoms with Crippen LogP contribution in [0, 0.1) is 5.41 Å². The van der Waals surface area contributed by atoms with Gasteiger partial charge in [0.05, 0.1) is 11.8 Å². The molecule has 0 saturated carbocycles. The molecule has 3 aromatic rings. The summed E-state index contributed by atoms with van der Waals surface area (Å²) in [5.74, 6) is 1.08. The van der Waals surface area contributed by atoms with Crippen molar-refractivity contribution in [1.82, 2.24) is 0 Å². The Morgan fingerprint density at radius 2 is 1.59 bits per heavy atom. The van der Waals surface area contributed by atoms with Gasteiger partial charge in [-0.05, 0) is 23.8 Å². The van der Waals surface area contributed by atoms with E-state index in [-0.39, 0.29) is 6.17 Å². The van der Waals surface area contributed by atoms with Crippen LogP contribution >= 0.6 is 0 Å². The number of hydrogen-bond acceptors (Lipinski definition) is 3. The molecular formula is C18H15N3O. The van der Waals surface area contributed by atoms with Crippen molar-refractivity contribution in [2.45, 2.75) is 6.17 Å². The minimum Gasteiger partial charge on any atom is -0.448 e. The third-order valence-electron chi connectivity index (χ3n) is 3.84. The van der Waals surface area contributed by atoms with Gasteiger partial charge in [-0.2, -0.15) is 0 Å². The first-order chi connectivity index (χ1) is 10.8. The molecule has 2 aromatic carbocycles. The summed E-state index contributed by atoms with van der Waals surface area (Å²) >= 11 is 0. The molecule has 0 unspecified atom stereocenters. The highest BCUT2D eigenvalue weighted by atomic mass is 16.3. The van der Waals surface area contributed by atoms with Crippen LogP contribution in [-0.2, 0) is 0 Å². The van der Waals surface area contributed by atoms with Crippen molar-refractivity contribution >= 4 is 17.4 Å². The first-order valence-electron chi connectivity index (χ1n) is 7.17. The zero-order valence-electron chi connectivity index (χ0n) is 11.9. The second-order valence-electron chi connectivity index (χ2n) is 5.18. The van der Waals surface area contributed by atoms with Gasteiger partial charge in [0.2, 0.25) is 5.88 Å². The Morgan fingerprint density at radius 1 is 0.909 bits per heavy atom. The standard InChI is InChI=1S/C18H15N3O/c19-16-15-11-12-22-18(15)20-17(13-7-3-1-4-8-13)21(16)14-9-5-2-6-10-14/h1-12,17,19-20H/t17-/m0/s1. The van der Waals surface area contributed by atoms with Crippen LogP contribution in [0.1, 0.15) is 17.3 Å². The summed E-state index contributed by atoms with van der Waals surface area (Å²) in [6.45, 7) is 0. The van der Waals surface area contributed by atoms with Crippen LogP contribution in [0.25, 0.3) is 0 Å². The Bertz CT molecular complexity index is 795. The number of amidine groups is 1. The van der Waals surface area contributed by atoms with Crippen LogP contribution in [0.5, 0.6) is 0 Å². The third kappa shape index (κ3) is 1.97. The van der Waals surface area contributed by atoms with Gasteiger partial charge in [0.25, 0.3) is 0 Å². The Labute approximate surface area is 128 Å². The number of nitrogens with one attached hydrogen (secondary N) is 2. The van der Waals surface area contributed by atoms with Crippen LogP contribution in [0.4, 0.5) is 11.6 Å². The zero-order chi connectivity index (χ0) is 14.9. The highest BCUT2D eigenvalue weighted by Crippen LogP contribution is 2.36. The summed E-state index contributed by atoms with van der Waals surface area (Å²) in [5, 5.41) is 12.0. The Hall–Kier alpha value is -3.01. The van der Waals surface area contributed by atoms with E-state index in [1.165, 1.54) is 0 Å². The largest absolute Gasteiger partial charge is 0.448 e. The fourth-order valence-electron chi connectivity index (χ4n) is 2.79. The number of benzene rings is 2. The molecule has 0 fully saturated rings. The number of anilines is 2. The number of fused-ring (bicyclic) bond motifs is 1. The predicted octanol–water partition coefficient (Wildman–Crippen LogP) is 4.24. The van der Waals surface area contributed by atoms with Crippen LogP contribution in [0.15, 0.2) is 77.4 Å². The normalized spacial score (nSPS) is 17.0. The molecule has 0 spiro atoms.